The number of nitrogens with zero attached hydrogens (tertiary/aromatic N) is 3. The number of carbonyl (C=O) groups excluding carboxylic acids is 6. The van der Waals surface area contributed by atoms with Crippen LogP contribution < -0.4 is 50.8 Å². The van der Waals surface area contributed by atoms with Crippen molar-refractivity contribution < 1.29 is 57.9 Å². The Morgan fingerprint density at radius 2 is 0.392 bits per heavy atom. The number of benzene rings is 12. The molecule has 0 unspecified atom stereocenters. The third-order valence-electron chi connectivity index (χ3n) is 23.9. The van der Waals surface area contributed by atoms with E-state index in [0.717, 1.165) is 198 Å². The van der Waals surface area contributed by atoms with Crippen molar-refractivity contribution in [3.8, 4) is 34.5 Å². The van der Waals surface area contributed by atoms with Gasteiger partial charge in [-0.15, -0.1) is 0 Å². The van der Waals surface area contributed by atoms with Crippen molar-refractivity contribution in [2.45, 2.75) is 155 Å². The van der Waals surface area contributed by atoms with Crippen molar-refractivity contribution in [2.75, 3.05) is 26.4 Å². The van der Waals surface area contributed by atoms with Crippen LogP contribution in [0.4, 0.5) is 0 Å². The molecule has 0 spiro atoms. The molecule has 0 saturated heterocycles. The Bertz CT molecular complexity index is 6250. The van der Waals surface area contributed by atoms with E-state index in [4.69, 9.17) is 18.9 Å². The van der Waals surface area contributed by atoms with E-state index >= 15 is 0 Å². The van der Waals surface area contributed by atoms with Gasteiger partial charge in [0.25, 0.3) is 35.4 Å². The first-order valence-corrected chi connectivity index (χ1v) is 45.0. The molecule has 21 nitrogen and oxygen atoms in total. The molecule has 6 amide bonds. The van der Waals surface area contributed by atoms with E-state index < -0.39 is 11.8 Å². The van der Waals surface area contributed by atoms with Crippen LogP contribution >= 0.6 is 0 Å². The number of phenolic OH excluding ortho intramolecular Hbond substituents is 2. The lowest BCUT2D eigenvalue weighted by molar-refractivity contribution is 0.0914. The summed E-state index contributed by atoms with van der Waals surface area (Å²) in [5.74, 6) is 1.30. The number of fused-ring (bicyclic) bond motifs is 6. The van der Waals surface area contributed by atoms with Gasteiger partial charge in [0.05, 0.1) is 62.7 Å². The first kappa shape index (κ1) is 90.1. The molecule has 0 saturated carbocycles. The van der Waals surface area contributed by atoms with Crippen LogP contribution in [0.1, 0.15) is 251 Å². The standard InChI is InChI=1S/C109H109N9O12/c1-68(74-28-34-86-62-92(119)46-40-80(86)56-74)110-104(121)98-22-19-24-100(116-98)106(123)112-70(3)76-30-36-88-64-94(48-42-82(88)58-76)127-52-15-11-7-9-13-17-54-129-96-50-44-84-60-78(32-38-90(84)66-96)72(5)114-108(125)102-26-21-27-103(118-102)109(126)115-73(6)79-33-39-91-67-97(51-45-85(91)61-79)130-55-18-14-10-8-12-16-53-128-95-49-43-83-59-77(31-37-89(83)65-95)71(4)113-107(124)101-25-20-23-99(117-101)105(122)111-69(2)75-29-35-87-63-93(120)47-41-81(87)57-75/h19-51,56-73,119-120H,7-18,52-55H2,1-6H3,(H,110,121)(H,111,122)(H,112,123)(H,113,124)(H,114,125)(H,115,126)/t68-,69-,70-,71-,72-,73-/m1/s1. The number of amides is 6. The summed E-state index contributed by atoms with van der Waals surface area (Å²) in [4.78, 5) is 94.2. The number of rotatable bonds is 40. The van der Waals surface area contributed by atoms with Crippen LogP contribution in [0.25, 0.3) is 64.6 Å². The zero-order chi connectivity index (χ0) is 90.6. The van der Waals surface area contributed by atoms with Gasteiger partial charge in [0.1, 0.15) is 68.7 Å². The highest BCUT2D eigenvalue weighted by Gasteiger charge is 2.24. The lowest BCUT2D eigenvalue weighted by Gasteiger charge is -2.17. The summed E-state index contributed by atoms with van der Waals surface area (Å²) in [5.41, 5.74) is 6.35. The van der Waals surface area contributed by atoms with Crippen LogP contribution in [0.3, 0.4) is 0 Å². The second kappa shape index (κ2) is 42.7. The van der Waals surface area contributed by atoms with Gasteiger partial charge in [0, 0.05) is 0 Å². The molecule has 6 atom stereocenters. The number of carbonyl (C=O) groups is 6. The van der Waals surface area contributed by atoms with Crippen LogP contribution in [0.5, 0.6) is 34.5 Å². The van der Waals surface area contributed by atoms with Gasteiger partial charge in [0.2, 0.25) is 0 Å². The molecule has 0 fully saturated rings. The third-order valence-corrected chi connectivity index (χ3v) is 23.9. The van der Waals surface area contributed by atoms with Crippen molar-refractivity contribution >= 4 is 100 Å². The van der Waals surface area contributed by atoms with Crippen molar-refractivity contribution in [1.29, 1.82) is 0 Å². The number of phenols is 2. The summed E-state index contributed by atoms with van der Waals surface area (Å²) in [6.45, 7) is 14.0. The molecule has 3 aromatic heterocycles. The third kappa shape index (κ3) is 23.7. The van der Waals surface area contributed by atoms with Gasteiger partial charge in [-0.05, 0) is 311 Å². The number of pyridine rings is 3. The van der Waals surface area contributed by atoms with Crippen molar-refractivity contribution in [3.63, 3.8) is 0 Å². The van der Waals surface area contributed by atoms with E-state index in [9.17, 15) is 39.0 Å². The molecule has 0 aliphatic carbocycles. The molecule has 130 heavy (non-hydrogen) atoms. The fraction of sp³-hybridized carbons (Fsp3) is 0.257. The van der Waals surface area contributed by atoms with Crippen LogP contribution in [0, 0.1) is 0 Å². The minimum atomic E-state index is -0.394. The SMILES string of the molecule is C[C@@H](NC(=O)c1cccc(C(=O)N[C@H](C)c2ccc3cc(OCCCCCCCCOc4ccc5cc([C@@H](C)NC(=O)c6cccc(C(=O)N[C@H](C)c7ccc8cc(OCCCCCCCCOc9ccc%10cc([C@@H](C)NC(=O)c%11cccc(C(=O)N[C@H](C)c%12ccc%13cc(O)ccc%13c%12)n%11)ccc%10c9)ccc8c7)n6)ccc5c4)ccc3c2)n1)c1ccc2cc(O)ccc2c1. The van der Waals surface area contributed by atoms with Gasteiger partial charge < -0.3 is 61.1 Å². The number of hydrogen-bond donors (Lipinski definition) is 8. The lowest BCUT2D eigenvalue weighted by Crippen LogP contribution is -2.30. The van der Waals surface area contributed by atoms with Crippen molar-refractivity contribution in [3.05, 3.63) is 341 Å². The maximum atomic E-state index is 13.7. The normalized spacial score (nSPS) is 12.8. The summed E-state index contributed by atoms with van der Waals surface area (Å²) >= 11 is 0. The highest BCUT2D eigenvalue weighted by Crippen LogP contribution is 2.33. The van der Waals surface area contributed by atoms with Gasteiger partial charge >= 0.3 is 0 Å². The van der Waals surface area contributed by atoms with E-state index in [2.05, 4.69) is 71.1 Å². The molecule has 21 heteroatoms. The fourth-order valence-electron chi connectivity index (χ4n) is 16.2. The molecule has 12 aromatic carbocycles. The Kier molecular flexibility index (Phi) is 29.6. The first-order valence-electron chi connectivity index (χ1n) is 45.0. The number of hydrogen-bond acceptors (Lipinski definition) is 15. The summed E-state index contributed by atoms with van der Waals surface area (Å²) < 4.78 is 24.7. The maximum absolute atomic E-state index is 13.7. The van der Waals surface area contributed by atoms with Crippen molar-refractivity contribution in [2.24, 2.45) is 0 Å². The first-order chi connectivity index (χ1) is 63.1. The maximum Gasteiger partial charge on any atom is 0.270 e. The zero-order valence-corrected chi connectivity index (χ0v) is 74.1. The fourth-order valence-corrected chi connectivity index (χ4v) is 16.2. The average molecular weight is 1740 g/mol. The molecule has 0 bridgehead atoms. The number of aromatic hydroxyl groups is 2. The Balaban J connectivity index is 0.411. The van der Waals surface area contributed by atoms with E-state index in [0.29, 0.717) is 26.4 Å². The highest BCUT2D eigenvalue weighted by molar-refractivity contribution is 6.00. The van der Waals surface area contributed by atoms with E-state index in [1.807, 2.05) is 211 Å². The van der Waals surface area contributed by atoms with E-state index in [1.165, 1.54) is 0 Å². The van der Waals surface area contributed by atoms with Gasteiger partial charge in [0.15, 0.2) is 0 Å². The number of unbranched alkanes of at least 4 members (excludes halogenated alkanes) is 10. The Labute approximate surface area is 756 Å². The topological polar surface area (TPSA) is 291 Å². The molecular weight excluding hydrogens is 1630 g/mol. The molecule has 0 aliphatic rings. The Hall–Kier alpha value is -14.7. The molecular formula is C109H109N9O12. The van der Waals surface area contributed by atoms with Gasteiger partial charge in [-0.2, -0.15) is 0 Å². The summed E-state index contributed by atoms with van der Waals surface area (Å²) in [6.07, 6.45) is 12.5. The molecule has 662 valence electrons. The van der Waals surface area contributed by atoms with E-state index in [-0.39, 0.29) is 106 Å². The zero-order valence-electron chi connectivity index (χ0n) is 74.1. The number of aromatic nitrogens is 3. The predicted octanol–water partition coefficient (Wildman–Crippen LogP) is 22.7. The molecule has 0 aliphatic heterocycles. The predicted molar refractivity (Wildman–Crippen MR) is 512 cm³/mol. The molecule has 8 N–H and O–H groups in total. The summed E-state index contributed by atoms with van der Waals surface area (Å²) in [7, 11) is 0. The minimum absolute atomic E-state index is 0.139. The average Bonchev–Trinajstić information content (AvgIpc) is 0.830. The van der Waals surface area contributed by atoms with E-state index in [1.54, 1.807) is 78.9 Å². The largest absolute Gasteiger partial charge is 0.508 e. The second-order valence-corrected chi connectivity index (χ2v) is 33.7. The smallest absolute Gasteiger partial charge is 0.270 e. The number of nitrogens with one attached hydrogen (secondary N) is 6. The van der Waals surface area contributed by atoms with Crippen LogP contribution in [-0.2, 0) is 0 Å². The monoisotopic (exact) mass is 1740 g/mol. The highest BCUT2D eigenvalue weighted by atomic mass is 16.5. The van der Waals surface area contributed by atoms with Crippen LogP contribution in [0.2, 0.25) is 0 Å². The minimum Gasteiger partial charge on any atom is -0.508 e. The Morgan fingerprint density at radius 1 is 0.223 bits per heavy atom. The lowest BCUT2D eigenvalue weighted by atomic mass is 10.0. The quantitative estimate of drug-likeness (QED) is 0.0166. The van der Waals surface area contributed by atoms with Gasteiger partial charge in [-0.25, -0.2) is 15.0 Å². The number of ether oxygens (including phenoxy) is 4. The van der Waals surface area contributed by atoms with Crippen LogP contribution in [-0.4, -0.2) is 87.0 Å². The molecule has 3 heterocycles. The summed E-state index contributed by atoms with van der Waals surface area (Å²) in [6, 6.07) is 83.2. The summed E-state index contributed by atoms with van der Waals surface area (Å²) in [5, 5.41) is 49.8. The molecule has 0 radical (unpaired) electrons. The van der Waals surface area contributed by atoms with Crippen LogP contribution in [0.15, 0.2) is 273 Å². The second-order valence-electron chi connectivity index (χ2n) is 33.7. The molecule has 15 rings (SSSR count). The van der Waals surface area contributed by atoms with Crippen molar-refractivity contribution in [1.82, 2.24) is 46.9 Å². The van der Waals surface area contributed by atoms with Gasteiger partial charge in [-0.1, -0.05) is 179 Å². The van der Waals surface area contributed by atoms with Gasteiger partial charge in [-0.3, -0.25) is 28.8 Å². The molecule has 15 aromatic rings. The Morgan fingerprint density at radius 3 is 0.600 bits per heavy atom.